The Bertz CT molecular complexity index is 687. The van der Waals surface area contributed by atoms with E-state index in [-0.39, 0.29) is 18.5 Å². The number of halogens is 2. The zero-order valence-corrected chi connectivity index (χ0v) is 13.1. The molecule has 1 aromatic carbocycles. The number of hydrogen-bond donors (Lipinski definition) is 0. The predicted molar refractivity (Wildman–Crippen MR) is 73.5 cm³/mol. The smallest absolute Gasteiger partial charge is 0.246 e. The molecule has 0 saturated carbocycles. The Balaban J connectivity index is 1.74. The molecule has 1 spiro atoms. The van der Waals surface area contributed by atoms with Crippen LogP contribution in [0.5, 0.6) is 0 Å². The van der Waals surface area contributed by atoms with Crippen LogP contribution in [0.15, 0.2) is 23.1 Å². The Morgan fingerprint density at radius 2 is 1.73 bits per heavy atom. The van der Waals surface area contributed by atoms with Crippen molar-refractivity contribution in [2.75, 3.05) is 26.3 Å². The molecule has 0 aliphatic carbocycles. The van der Waals surface area contributed by atoms with Crippen LogP contribution in [-0.4, -0.2) is 44.8 Å². The molecule has 0 N–H and O–H groups in total. The summed E-state index contributed by atoms with van der Waals surface area (Å²) >= 11 is 0. The highest BCUT2D eigenvalue weighted by Gasteiger charge is 2.52. The van der Waals surface area contributed by atoms with Gasteiger partial charge in [-0.25, -0.2) is 17.2 Å². The van der Waals surface area contributed by atoms with E-state index in [1.165, 1.54) is 0 Å². The fraction of sp³-hybridized carbons (Fsp3) is 0.571. The fourth-order valence-corrected chi connectivity index (χ4v) is 4.33. The second kappa shape index (κ2) is 4.95. The summed E-state index contributed by atoms with van der Waals surface area (Å²) in [5.74, 6) is -2.57. The second-order valence-electron chi connectivity index (χ2n) is 6.33. The summed E-state index contributed by atoms with van der Waals surface area (Å²) in [6, 6.07) is 2.45. The van der Waals surface area contributed by atoms with Gasteiger partial charge in [-0.1, -0.05) is 0 Å². The minimum Gasteiger partial charge on any atom is -0.350 e. The first kappa shape index (κ1) is 15.8. The van der Waals surface area contributed by atoms with Gasteiger partial charge in [0, 0.05) is 24.6 Å². The van der Waals surface area contributed by atoms with Crippen molar-refractivity contribution in [3.05, 3.63) is 29.8 Å². The van der Waals surface area contributed by atoms with Crippen molar-refractivity contribution in [3.63, 3.8) is 0 Å². The first-order chi connectivity index (χ1) is 10.1. The molecule has 0 unspecified atom stereocenters. The van der Waals surface area contributed by atoms with E-state index in [0.717, 1.165) is 16.4 Å². The summed E-state index contributed by atoms with van der Waals surface area (Å²) in [6.07, 6.45) is 0. The van der Waals surface area contributed by atoms with Crippen molar-refractivity contribution < 1.29 is 26.7 Å². The van der Waals surface area contributed by atoms with Gasteiger partial charge in [0.1, 0.15) is 16.5 Å². The van der Waals surface area contributed by atoms with E-state index in [1.54, 1.807) is 13.8 Å². The first-order valence-corrected chi connectivity index (χ1v) is 8.31. The van der Waals surface area contributed by atoms with Crippen molar-refractivity contribution in [2.24, 2.45) is 5.41 Å². The maximum atomic E-state index is 13.7. The van der Waals surface area contributed by atoms with E-state index in [4.69, 9.17) is 9.47 Å². The van der Waals surface area contributed by atoms with Crippen LogP contribution in [0.2, 0.25) is 0 Å². The molecule has 2 saturated heterocycles. The zero-order chi connectivity index (χ0) is 16.2. The van der Waals surface area contributed by atoms with E-state index in [9.17, 15) is 17.2 Å². The standard InChI is InChI=1S/C14H17F2NO4S/c1-13(2)20-8-14(9-21-13)6-17(7-14)22(18,19)12-4-3-10(15)5-11(12)16/h3-5H,6-9H2,1-2H3. The molecule has 2 fully saturated rings. The fourth-order valence-electron chi connectivity index (χ4n) is 2.62. The third kappa shape index (κ3) is 2.64. The van der Waals surface area contributed by atoms with Gasteiger partial charge in [-0.3, -0.25) is 0 Å². The highest BCUT2D eigenvalue weighted by molar-refractivity contribution is 7.89. The molecule has 0 bridgehead atoms. The maximum absolute atomic E-state index is 13.7. The molecular weight excluding hydrogens is 316 g/mol. The van der Waals surface area contributed by atoms with Gasteiger partial charge >= 0.3 is 0 Å². The van der Waals surface area contributed by atoms with Gasteiger partial charge in [-0.15, -0.1) is 0 Å². The lowest BCUT2D eigenvalue weighted by molar-refractivity contribution is -0.299. The van der Waals surface area contributed by atoms with Crippen LogP contribution in [0.4, 0.5) is 8.78 Å². The molecule has 0 amide bonds. The average Bonchev–Trinajstić information content (AvgIpc) is 2.35. The third-order valence-electron chi connectivity index (χ3n) is 3.99. The largest absolute Gasteiger partial charge is 0.350 e. The number of nitrogens with zero attached hydrogens (tertiary/aromatic N) is 1. The lowest BCUT2D eigenvalue weighted by atomic mass is 9.82. The molecule has 0 aromatic heterocycles. The van der Waals surface area contributed by atoms with E-state index >= 15 is 0 Å². The molecule has 1 aromatic rings. The second-order valence-corrected chi connectivity index (χ2v) is 8.23. The monoisotopic (exact) mass is 333 g/mol. The Hall–Kier alpha value is -1.09. The lowest BCUT2D eigenvalue weighted by Gasteiger charge is -2.53. The van der Waals surface area contributed by atoms with Crippen molar-refractivity contribution in [1.29, 1.82) is 0 Å². The number of benzene rings is 1. The minimum atomic E-state index is -3.97. The van der Waals surface area contributed by atoms with Crippen LogP contribution in [0.1, 0.15) is 13.8 Å². The number of rotatable bonds is 2. The molecule has 2 aliphatic rings. The van der Waals surface area contributed by atoms with Crippen LogP contribution >= 0.6 is 0 Å². The normalized spacial score (nSPS) is 24.2. The Kier molecular flexibility index (Phi) is 3.56. The van der Waals surface area contributed by atoms with Gasteiger partial charge in [-0.2, -0.15) is 4.31 Å². The van der Waals surface area contributed by atoms with E-state index in [0.29, 0.717) is 19.3 Å². The molecule has 5 nitrogen and oxygen atoms in total. The summed E-state index contributed by atoms with van der Waals surface area (Å²) in [4.78, 5) is -0.512. The van der Waals surface area contributed by atoms with Crippen molar-refractivity contribution >= 4 is 10.0 Å². The van der Waals surface area contributed by atoms with Gasteiger partial charge in [0.2, 0.25) is 10.0 Å². The van der Waals surface area contributed by atoms with Crippen LogP contribution < -0.4 is 0 Å². The van der Waals surface area contributed by atoms with Crippen LogP contribution in [-0.2, 0) is 19.5 Å². The molecule has 2 aliphatic heterocycles. The average molecular weight is 333 g/mol. The minimum absolute atomic E-state index is 0.197. The molecule has 0 atom stereocenters. The Morgan fingerprint density at radius 3 is 2.27 bits per heavy atom. The SMILES string of the molecule is CC1(C)OCC2(CO1)CN(S(=O)(=O)c1ccc(F)cc1F)C2. The zero-order valence-electron chi connectivity index (χ0n) is 12.3. The highest BCUT2D eigenvalue weighted by Crippen LogP contribution is 2.40. The number of ether oxygens (including phenoxy) is 2. The molecular formula is C14H17F2NO4S. The summed E-state index contributed by atoms with van der Waals surface area (Å²) in [7, 11) is -3.97. The number of hydrogen-bond acceptors (Lipinski definition) is 4. The lowest BCUT2D eigenvalue weighted by Crippen LogP contribution is -2.65. The molecule has 122 valence electrons. The highest BCUT2D eigenvalue weighted by atomic mass is 32.2. The van der Waals surface area contributed by atoms with Crippen LogP contribution in [0.3, 0.4) is 0 Å². The van der Waals surface area contributed by atoms with Crippen LogP contribution in [0.25, 0.3) is 0 Å². The summed E-state index contributed by atoms with van der Waals surface area (Å²) in [5, 5.41) is 0. The van der Waals surface area contributed by atoms with Gasteiger partial charge < -0.3 is 9.47 Å². The van der Waals surface area contributed by atoms with Crippen molar-refractivity contribution in [3.8, 4) is 0 Å². The number of sulfonamides is 1. The maximum Gasteiger partial charge on any atom is 0.246 e. The first-order valence-electron chi connectivity index (χ1n) is 6.87. The summed E-state index contributed by atoms with van der Waals surface area (Å²) < 4.78 is 63.7. The van der Waals surface area contributed by atoms with Crippen LogP contribution in [0, 0.1) is 17.0 Å². The van der Waals surface area contributed by atoms with E-state index in [2.05, 4.69) is 0 Å². The van der Waals surface area contributed by atoms with Crippen molar-refractivity contribution in [1.82, 2.24) is 4.31 Å². The predicted octanol–water partition coefficient (Wildman–Crippen LogP) is 1.74. The molecule has 2 heterocycles. The molecule has 8 heteroatoms. The van der Waals surface area contributed by atoms with Gasteiger partial charge in [0.15, 0.2) is 5.79 Å². The summed E-state index contributed by atoms with van der Waals surface area (Å²) in [6.45, 7) is 4.75. The van der Waals surface area contributed by atoms with Gasteiger partial charge in [0.25, 0.3) is 0 Å². The van der Waals surface area contributed by atoms with E-state index < -0.39 is 32.3 Å². The molecule has 3 rings (SSSR count). The van der Waals surface area contributed by atoms with Gasteiger partial charge in [0.05, 0.1) is 13.2 Å². The topological polar surface area (TPSA) is 55.8 Å². The van der Waals surface area contributed by atoms with Crippen molar-refractivity contribution in [2.45, 2.75) is 24.5 Å². The Morgan fingerprint density at radius 1 is 1.14 bits per heavy atom. The van der Waals surface area contributed by atoms with Gasteiger partial charge in [-0.05, 0) is 26.0 Å². The molecule has 22 heavy (non-hydrogen) atoms. The quantitative estimate of drug-likeness (QED) is 0.827. The molecule has 0 radical (unpaired) electrons. The summed E-state index contributed by atoms with van der Waals surface area (Å²) in [5.41, 5.74) is -0.390. The Labute approximate surface area is 127 Å². The van der Waals surface area contributed by atoms with E-state index in [1.807, 2.05) is 0 Å². The third-order valence-corrected chi connectivity index (χ3v) is 5.81.